The number of rotatable bonds is 11. The largest absolute Gasteiger partial charge is 0.355 e. The maximum absolute atomic E-state index is 13.1. The van der Waals surface area contributed by atoms with Crippen LogP contribution in [0.5, 0.6) is 0 Å². The number of aryl methyl sites for hydroxylation is 1. The molecule has 0 spiro atoms. The van der Waals surface area contributed by atoms with Gasteiger partial charge in [-0.2, -0.15) is 0 Å². The average molecular weight is 444 g/mol. The second-order valence-electron chi connectivity index (χ2n) is 7.25. The maximum atomic E-state index is 13.1. The summed E-state index contributed by atoms with van der Waals surface area (Å²) >= 11 is 1.43. The number of hydrogen-bond acceptors (Lipinski definition) is 5. The molecule has 2 aromatic rings. The quantitative estimate of drug-likeness (QED) is 0.417. The topological polar surface area (TPSA) is 92.6 Å². The highest BCUT2D eigenvalue weighted by molar-refractivity contribution is 7.99. The fraction of sp³-hybridized carbons (Fsp3) is 0.391. The lowest BCUT2D eigenvalue weighted by molar-refractivity contribution is -0.384. The summed E-state index contributed by atoms with van der Waals surface area (Å²) in [4.78, 5) is 37.7. The lowest BCUT2D eigenvalue weighted by atomic mass is 10.1. The van der Waals surface area contributed by atoms with Gasteiger partial charge in [-0.3, -0.25) is 19.7 Å². The first-order valence-corrected chi connectivity index (χ1v) is 11.4. The van der Waals surface area contributed by atoms with Crippen LogP contribution < -0.4 is 5.32 Å². The summed E-state index contributed by atoms with van der Waals surface area (Å²) in [7, 11) is 0. The number of nitro groups is 1. The molecule has 0 radical (unpaired) electrons. The van der Waals surface area contributed by atoms with Crippen molar-refractivity contribution in [2.24, 2.45) is 0 Å². The van der Waals surface area contributed by atoms with Crippen LogP contribution in [0, 0.1) is 17.0 Å². The summed E-state index contributed by atoms with van der Waals surface area (Å²) in [5.41, 5.74) is 3.03. The molecule has 0 fully saturated rings. The van der Waals surface area contributed by atoms with E-state index in [1.807, 2.05) is 45.0 Å². The maximum Gasteiger partial charge on any atom is 0.269 e. The number of non-ortho nitro benzene ring substituents is 1. The average Bonchev–Trinajstić information content (AvgIpc) is 2.74. The van der Waals surface area contributed by atoms with Gasteiger partial charge < -0.3 is 10.2 Å². The van der Waals surface area contributed by atoms with Crippen molar-refractivity contribution >= 4 is 29.3 Å². The van der Waals surface area contributed by atoms with Crippen molar-refractivity contribution in [2.45, 2.75) is 45.5 Å². The Morgan fingerprint density at radius 1 is 1.13 bits per heavy atom. The van der Waals surface area contributed by atoms with Crippen LogP contribution in [0.3, 0.4) is 0 Å². The van der Waals surface area contributed by atoms with Gasteiger partial charge in [0.05, 0.1) is 10.7 Å². The summed E-state index contributed by atoms with van der Waals surface area (Å²) in [6, 6.07) is 13.7. The Morgan fingerprint density at radius 3 is 2.42 bits per heavy atom. The van der Waals surface area contributed by atoms with Gasteiger partial charge in [-0.1, -0.05) is 48.9 Å². The molecular weight excluding hydrogens is 414 g/mol. The smallest absolute Gasteiger partial charge is 0.269 e. The molecule has 31 heavy (non-hydrogen) atoms. The van der Waals surface area contributed by atoms with Crippen LogP contribution in [0.25, 0.3) is 0 Å². The molecule has 0 saturated heterocycles. The third kappa shape index (κ3) is 7.40. The highest BCUT2D eigenvalue weighted by atomic mass is 32.2. The highest BCUT2D eigenvalue weighted by Crippen LogP contribution is 2.19. The SMILES string of the molecule is CCNC(=O)C(CC)N(Cc1cccc(C)c1)C(=O)CSCc1ccc([N+](=O)[O-])cc1. The summed E-state index contributed by atoms with van der Waals surface area (Å²) in [6.07, 6.45) is 0.524. The first-order valence-electron chi connectivity index (χ1n) is 10.3. The molecule has 2 amide bonds. The summed E-state index contributed by atoms with van der Waals surface area (Å²) in [6.45, 7) is 6.64. The number of hydrogen-bond donors (Lipinski definition) is 1. The van der Waals surface area contributed by atoms with Gasteiger partial charge in [0.2, 0.25) is 11.8 Å². The molecule has 1 atom stereocenters. The molecular formula is C23H29N3O4S. The molecule has 1 N–H and O–H groups in total. The molecule has 0 bridgehead atoms. The van der Waals surface area contributed by atoms with Crippen molar-refractivity contribution in [1.82, 2.24) is 10.2 Å². The molecule has 2 aromatic carbocycles. The Hall–Kier alpha value is -2.87. The van der Waals surface area contributed by atoms with E-state index >= 15 is 0 Å². The third-order valence-electron chi connectivity index (χ3n) is 4.81. The highest BCUT2D eigenvalue weighted by Gasteiger charge is 2.28. The van der Waals surface area contributed by atoms with E-state index in [4.69, 9.17) is 0 Å². The molecule has 0 aromatic heterocycles. The number of nitrogens with one attached hydrogen (secondary N) is 1. The molecule has 7 nitrogen and oxygen atoms in total. The zero-order chi connectivity index (χ0) is 22.8. The van der Waals surface area contributed by atoms with Crippen molar-refractivity contribution in [3.05, 3.63) is 75.3 Å². The van der Waals surface area contributed by atoms with Crippen LogP contribution in [-0.2, 0) is 21.9 Å². The van der Waals surface area contributed by atoms with Gasteiger partial charge in [-0.15, -0.1) is 11.8 Å². The van der Waals surface area contributed by atoms with Crippen LogP contribution in [0.2, 0.25) is 0 Å². The Labute approximate surface area is 187 Å². The van der Waals surface area contributed by atoms with Crippen molar-refractivity contribution < 1.29 is 14.5 Å². The normalized spacial score (nSPS) is 11.6. The number of carbonyl (C=O) groups excluding carboxylic acids is 2. The van der Waals surface area contributed by atoms with Crippen molar-refractivity contribution in [2.75, 3.05) is 12.3 Å². The number of nitrogens with zero attached hydrogens (tertiary/aromatic N) is 2. The van der Waals surface area contributed by atoms with Gasteiger partial charge in [-0.25, -0.2) is 0 Å². The molecule has 0 heterocycles. The molecule has 8 heteroatoms. The van der Waals surface area contributed by atoms with Gasteiger partial charge in [0.25, 0.3) is 5.69 Å². The first-order chi connectivity index (χ1) is 14.8. The summed E-state index contributed by atoms with van der Waals surface area (Å²) in [5.74, 6) is 0.525. The number of carbonyl (C=O) groups is 2. The fourth-order valence-corrected chi connectivity index (χ4v) is 4.14. The standard InChI is InChI=1S/C23H29N3O4S/c1-4-21(23(28)24-5-2)25(14-19-8-6-7-17(3)13-19)22(27)16-31-15-18-9-11-20(12-10-18)26(29)30/h6-13,21H,4-5,14-16H2,1-3H3,(H,24,28). The molecule has 1 unspecified atom stereocenters. The van der Waals surface area contributed by atoms with E-state index in [2.05, 4.69) is 5.32 Å². The van der Waals surface area contributed by atoms with E-state index in [0.29, 0.717) is 25.3 Å². The van der Waals surface area contributed by atoms with Crippen molar-refractivity contribution in [3.8, 4) is 0 Å². The third-order valence-corrected chi connectivity index (χ3v) is 5.80. The van der Waals surface area contributed by atoms with E-state index in [0.717, 1.165) is 16.7 Å². The van der Waals surface area contributed by atoms with Crippen LogP contribution in [0.1, 0.15) is 37.0 Å². The second-order valence-corrected chi connectivity index (χ2v) is 8.23. The molecule has 0 aliphatic heterocycles. The minimum absolute atomic E-state index is 0.0434. The minimum atomic E-state index is -0.534. The van der Waals surface area contributed by atoms with Gasteiger partial charge in [-0.05, 0) is 31.4 Å². The predicted octanol–water partition coefficient (Wildman–Crippen LogP) is 4.08. The van der Waals surface area contributed by atoms with Crippen LogP contribution >= 0.6 is 11.8 Å². The summed E-state index contributed by atoms with van der Waals surface area (Å²) < 4.78 is 0. The molecule has 0 aliphatic rings. The first kappa shape index (κ1) is 24.4. The second kappa shape index (κ2) is 12.1. The van der Waals surface area contributed by atoms with Crippen LogP contribution in [-0.4, -0.2) is 40.0 Å². The number of amides is 2. The molecule has 2 rings (SSSR count). The predicted molar refractivity (Wildman–Crippen MR) is 124 cm³/mol. The zero-order valence-electron chi connectivity index (χ0n) is 18.2. The zero-order valence-corrected chi connectivity index (χ0v) is 19.0. The number of nitro benzene ring substituents is 1. The van der Waals surface area contributed by atoms with Crippen molar-refractivity contribution in [1.29, 1.82) is 0 Å². The van der Waals surface area contributed by atoms with Gasteiger partial charge >= 0.3 is 0 Å². The molecule has 0 saturated carbocycles. The Balaban J connectivity index is 2.09. The van der Waals surface area contributed by atoms with Gasteiger partial charge in [0.1, 0.15) is 6.04 Å². The van der Waals surface area contributed by atoms with Crippen LogP contribution in [0.4, 0.5) is 5.69 Å². The summed E-state index contributed by atoms with van der Waals surface area (Å²) in [5, 5.41) is 13.6. The van der Waals surface area contributed by atoms with Gasteiger partial charge in [0.15, 0.2) is 0 Å². The number of thioether (sulfide) groups is 1. The van der Waals surface area contributed by atoms with Gasteiger partial charge in [0, 0.05) is 31.0 Å². The lowest BCUT2D eigenvalue weighted by Gasteiger charge is -2.30. The Bertz CT molecular complexity index is 902. The van der Waals surface area contributed by atoms with E-state index in [-0.39, 0.29) is 23.3 Å². The van der Waals surface area contributed by atoms with E-state index in [1.54, 1.807) is 17.0 Å². The van der Waals surface area contributed by atoms with Crippen molar-refractivity contribution in [3.63, 3.8) is 0 Å². The van der Waals surface area contributed by atoms with E-state index < -0.39 is 11.0 Å². The van der Waals surface area contributed by atoms with E-state index in [1.165, 1.54) is 23.9 Å². The Morgan fingerprint density at radius 2 is 1.84 bits per heavy atom. The monoisotopic (exact) mass is 443 g/mol. The minimum Gasteiger partial charge on any atom is -0.355 e. The lowest BCUT2D eigenvalue weighted by Crippen LogP contribution is -2.49. The fourth-order valence-electron chi connectivity index (χ4n) is 3.27. The number of likely N-dealkylation sites (N-methyl/N-ethyl adjacent to an activating group) is 1. The Kier molecular flexibility index (Phi) is 9.52. The van der Waals surface area contributed by atoms with E-state index in [9.17, 15) is 19.7 Å². The number of benzene rings is 2. The molecule has 166 valence electrons. The van der Waals surface area contributed by atoms with Crippen LogP contribution in [0.15, 0.2) is 48.5 Å². The molecule has 0 aliphatic carbocycles.